The van der Waals surface area contributed by atoms with E-state index in [2.05, 4.69) is 29.2 Å². The molecule has 2 heterocycles. The summed E-state index contributed by atoms with van der Waals surface area (Å²) in [5.74, 6) is -0.350. The molecule has 0 amide bonds. The molecular weight excluding hydrogens is 445 g/mol. The lowest BCUT2D eigenvalue weighted by molar-refractivity contribution is -0.736. The molecule has 0 saturated carbocycles. The first kappa shape index (κ1) is 23.2. The Balaban J connectivity index is 1.32. The molecule has 1 saturated heterocycles. The molecule has 0 unspecified atom stereocenters. The average molecular weight is 475 g/mol. The van der Waals surface area contributed by atoms with Gasteiger partial charge in [0.25, 0.3) is 4.92 Å². The van der Waals surface area contributed by atoms with Gasteiger partial charge in [-0.05, 0) is 29.3 Å². The van der Waals surface area contributed by atoms with Gasteiger partial charge in [0.05, 0.1) is 29.4 Å². The van der Waals surface area contributed by atoms with E-state index in [0.717, 1.165) is 13.1 Å². The topological polar surface area (TPSA) is 45.0 Å². The molecular formula is C28H29FN3O3+. The number of anilines is 1. The first-order chi connectivity index (χ1) is 17.2. The third-order valence-corrected chi connectivity index (χ3v) is 6.30. The van der Waals surface area contributed by atoms with Crippen molar-refractivity contribution in [2.75, 3.05) is 37.7 Å². The fraction of sp³-hybridized carbons (Fsp3) is 0.286. The third-order valence-electron chi connectivity index (χ3n) is 6.30. The minimum absolute atomic E-state index is 0.335. The minimum Gasteiger partial charge on any atom is -0.378 e. The number of morpholine rings is 1. The molecule has 1 atom stereocenters. The maximum Gasteiger partial charge on any atom is 0.324 e. The lowest BCUT2D eigenvalue weighted by Gasteiger charge is -2.29. The highest BCUT2D eigenvalue weighted by Crippen LogP contribution is 2.29. The van der Waals surface area contributed by atoms with Crippen molar-refractivity contribution in [3.63, 3.8) is 0 Å². The van der Waals surface area contributed by atoms with Crippen molar-refractivity contribution in [1.82, 2.24) is 4.90 Å². The van der Waals surface area contributed by atoms with E-state index < -0.39 is 6.10 Å². The van der Waals surface area contributed by atoms with Crippen molar-refractivity contribution >= 4 is 11.4 Å². The van der Waals surface area contributed by atoms with Crippen LogP contribution in [0, 0.1) is 10.7 Å². The molecule has 0 spiro atoms. The van der Waals surface area contributed by atoms with E-state index in [9.17, 15) is 9.30 Å². The van der Waals surface area contributed by atoms with Crippen LogP contribution in [0.25, 0.3) is 5.70 Å². The van der Waals surface area contributed by atoms with Gasteiger partial charge in [0, 0.05) is 38.8 Å². The fourth-order valence-electron chi connectivity index (χ4n) is 4.58. The second kappa shape index (κ2) is 10.8. The standard InChI is InChI=1S/C28H29FN3O3/c29-26-17-24(11-12-27(26)31-13-15-34-16-14-31)28-18-25(35-32(28)33)21-30(19-22-7-3-1-4-8-22)20-23-9-5-2-6-10-23/h1-12,17-18,25H,13-16,19-21H2/q+1/t25-/m0/s1. The molecule has 0 aliphatic carbocycles. The smallest absolute Gasteiger partial charge is 0.324 e. The zero-order chi connectivity index (χ0) is 24.0. The van der Waals surface area contributed by atoms with Gasteiger partial charge in [-0.3, -0.25) is 4.90 Å². The molecule has 3 aromatic carbocycles. The number of halogens is 1. The predicted molar refractivity (Wildman–Crippen MR) is 133 cm³/mol. The van der Waals surface area contributed by atoms with Gasteiger partial charge in [0.1, 0.15) is 5.82 Å². The molecule has 0 N–H and O–H groups in total. The SMILES string of the molecule is O=[N+]1O[C@H](CN(Cc2ccccc2)Cc2ccccc2)C=C1c1ccc(N2CCOCC2)c(F)c1. The molecule has 0 aromatic heterocycles. The number of hydrogen-bond donors (Lipinski definition) is 0. The van der Waals surface area contributed by atoms with Gasteiger partial charge >= 0.3 is 5.70 Å². The van der Waals surface area contributed by atoms with Gasteiger partial charge in [-0.2, -0.15) is 0 Å². The van der Waals surface area contributed by atoms with E-state index in [1.807, 2.05) is 41.3 Å². The average Bonchev–Trinajstić information content (AvgIpc) is 3.25. The molecule has 2 aliphatic heterocycles. The van der Waals surface area contributed by atoms with E-state index in [0.29, 0.717) is 54.7 Å². The molecule has 3 aromatic rings. The lowest BCUT2D eigenvalue weighted by Crippen LogP contribution is -2.36. The van der Waals surface area contributed by atoms with Gasteiger partial charge in [-0.25, -0.2) is 9.23 Å². The van der Waals surface area contributed by atoms with Crippen molar-refractivity contribution in [2.45, 2.75) is 19.2 Å². The number of benzene rings is 3. The normalized spacial score (nSPS) is 18.0. The van der Waals surface area contributed by atoms with Crippen LogP contribution < -0.4 is 4.90 Å². The maximum absolute atomic E-state index is 14.9. The van der Waals surface area contributed by atoms with Gasteiger partial charge in [-0.1, -0.05) is 60.7 Å². The molecule has 6 nitrogen and oxygen atoms in total. The summed E-state index contributed by atoms with van der Waals surface area (Å²) >= 11 is 0. The quantitative estimate of drug-likeness (QED) is 0.469. The second-order valence-corrected chi connectivity index (χ2v) is 8.86. The van der Waals surface area contributed by atoms with E-state index in [1.54, 1.807) is 18.2 Å². The van der Waals surface area contributed by atoms with Crippen molar-refractivity contribution in [2.24, 2.45) is 0 Å². The van der Waals surface area contributed by atoms with Crippen LogP contribution >= 0.6 is 0 Å². The first-order valence-corrected chi connectivity index (χ1v) is 11.9. The zero-order valence-electron chi connectivity index (χ0n) is 19.6. The Kier molecular flexibility index (Phi) is 7.16. The summed E-state index contributed by atoms with van der Waals surface area (Å²) in [6, 6.07) is 25.4. The van der Waals surface area contributed by atoms with E-state index in [-0.39, 0.29) is 5.82 Å². The number of rotatable bonds is 8. The van der Waals surface area contributed by atoms with Gasteiger partial charge in [0.15, 0.2) is 0 Å². The van der Waals surface area contributed by atoms with Crippen LogP contribution in [-0.4, -0.2) is 48.8 Å². The van der Waals surface area contributed by atoms with Crippen LogP contribution in [0.1, 0.15) is 16.7 Å². The Morgan fingerprint density at radius 1 is 0.914 bits per heavy atom. The third kappa shape index (κ3) is 5.75. The summed E-state index contributed by atoms with van der Waals surface area (Å²) in [7, 11) is 0. The molecule has 0 bridgehead atoms. The zero-order valence-corrected chi connectivity index (χ0v) is 19.6. The van der Waals surface area contributed by atoms with Crippen molar-refractivity contribution in [1.29, 1.82) is 0 Å². The summed E-state index contributed by atoms with van der Waals surface area (Å²) in [4.78, 5) is 23.0. The Hall–Kier alpha value is -3.55. The van der Waals surface area contributed by atoms with Crippen LogP contribution in [0.4, 0.5) is 10.1 Å². The summed E-state index contributed by atoms with van der Waals surface area (Å²) in [5, 5.41) is 0. The summed E-state index contributed by atoms with van der Waals surface area (Å²) in [6.45, 7) is 4.44. The maximum atomic E-state index is 14.9. The minimum atomic E-state index is -0.433. The van der Waals surface area contributed by atoms with Gasteiger partial charge in [-0.15, -0.1) is 0 Å². The highest BCUT2D eigenvalue weighted by atomic mass is 19.1. The summed E-state index contributed by atoms with van der Waals surface area (Å²) in [5.41, 5.74) is 3.75. The molecule has 5 rings (SSSR count). The Bertz CT molecular complexity index is 1140. The predicted octanol–water partition coefficient (Wildman–Crippen LogP) is 4.80. The largest absolute Gasteiger partial charge is 0.378 e. The van der Waals surface area contributed by atoms with Crippen LogP contribution in [0.3, 0.4) is 0 Å². The summed E-state index contributed by atoms with van der Waals surface area (Å²) in [6.07, 6.45) is 1.36. The van der Waals surface area contributed by atoms with Gasteiger partial charge in [0.2, 0.25) is 6.10 Å². The highest BCUT2D eigenvalue weighted by molar-refractivity contribution is 5.63. The Morgan fingerprint density at radius 3 is 2.14 bits per heavy atom. The second-order valence-electron chi connectivity index (χ2n) is 8.86. The first-order valence-electron chi connectivity index (χ1n) is 11.9. The Labute approximate surface area is 204 Å². The summed E-state index contributed by atoms with van der Waals surface area (Å²) < 4.78 is 20.3. The van der Waals surface area contributed by atoms with E-state index in [4.69, 9.17) is 9.57 Å². The highest BCUT2D eigenvalue weighted by Gasteiger charge is 2.37. The van der Waals surface area contributed by atoms with E-state index in [1.165, 1.54) is 17.2 Å². The molecule has 1 fully saturated rings. The molecule has 35 heavy (non-hydrogen) atoms. The van der Waals surface area contributed by atoms with Crippen molar-refractivity contribution < 1.29 is 18.9 Å². The van der Waals surface area contributed by atoms with Crippen LogP contribution in [0.15, 0.2) is 84.9 Å². The van der Waals surface area contributed by atoms with Gasteiger partial charge < -0.3 is 9.64 Å². The monoisotopic (exact) mass is 474 g/mol. The Morgan fingerprint density at radius 2 is 1.54 bits per heavy atom. The van der Waals surface area contributed by atoms with E-state index >= 15 is 0 Å². The molecule has 2 aliphatic rings. The molecule has 7 heteroatoms. The number of nitrogens with zero attached hydrogens (tertiary/aromatic N) is 3. The molecule has 180 valence electrons. The van der Waals surface area contributed by atoms with Crippen LogP contribution in [0.5, 0.6) is 0 Å². The fourth-order valence-corrected chi connectivity index (χ4v) is 4.58. The number of ether oxygens (including phenoxy) is 1. The van der Waals surface area contributed by atoms with Crippen LogP contribution in [0.2, 0.25) is 0 Å². The number of hydrogen-bond acceptors (Lipinski definition) is 5. The van der Waals surface area contributed by atoms with Crippen molar-refractivity contribution in [3.8, 4) is 0 Å². The molecule has 0 radical (unpaired) electrons. The van der Waals surface area contributed by atoms with Crippen molar-refractivity contribution in [3.05, 3.63) is 112 Å². The lowest BCUT2D eigenvalue weighted by atomic mass is 10.1. The van der Waals surface area contributed by atoms with Crippen LogP contribution in [-0.2, 0) is 22.7 Å².